The van der Waals surface area contributed by atoms with Gasteiger partial charge in [0.2, 0.25) is 0 Å². The smallest absolute Gasteiger partial charge is 0.166 e. The highest BCUT2D eigenvalue weighted by Crippen LogP contribution is 2.35. The minimum absolute atomic E-state index is 0.0757. The Bertz CT molecular complexity index is 679. The molecule has 1 aliphatic carbocycles. The van der Waals surface area contributed by atoms with Crippen LogP contribution in [0.15, 0.2) is 42.5 Å². The molecule has 1 aliphatic rings. The van der Waals surface area contributed by atoms with E-state index in [1.165, 1.54) is 24.6 Å². The molecule has 108 valence electrons. The van der Waals surface area contributed by atoms with Crippen LogP contribution in [0.3, 0.4) is 0 Å². The Kier molecular flexibility index (Phi) is 3.74. The molecule has 3 rings (SSSR count). The summed E-state index contributed by atoms with van der Waals surface area (Å²) >= 11 is 0. The number of aryl methyl sites for hydroxylation is 1. The molecule has 0 bridgehead atoms. The lowest BCUT2D eigenvalue weighted by Gasteiger charge is -2.27. The van der Waals surface area contributed by atoms with Gasteiger partial charge in [0.05, 0.1) is 5.56 Å². The second-order valence-electron chi connectivity index (χ2n) is 5.37. The van der Waals surface area contributed by atoms with E-state index in [1.54, 1.807) is 6.07 Å². The molecule has 2 nitrogen and oxygen atoms in total. The van der Waals surface area contributed by atoms with Crippen LogP contribution in [0.4, 0.5) is 4.39 Å². The van der Waals surface area contributed by atoms with Crippen LogP contribution in [0, 0.1) is 5.82 Å². The lowest BCUT2D eigenvalue weighted by Crippen LogP contribution is -2.17. The number of fused-ring (bicyclic) bond motifs is 1. The van der Waals surface area contributed by atoms with Crippen LogP contribution in [0.2, 0.25) is 0 Å². The average molecular weight is 284 g/mol. The van der Waals surface area contributed by atoms with E-state index >= 15 is 0 Å². The molecule has 0 fully saturated rings. The van der Waals surface area contributed by atoms with E-state index in [1.807, 2.05) is 18.2 Å². The lowest BCUT2D eigenvalue weighted by atomic mass is 9.89. The Labute approximate surface area is 123 Å². The van der Waals surface area contributed by atoms with Crippen molar-refractivity contribution in [2.75, 3.05) is 0 Å². The van der Waals surface area contributed by atoms with Crippen molar-refractivity contribution >= 4 is 5.78 Å². The van der Waals surface area contributed by atoms with Gasteiger partial charge < -0.3 is 4.74 Å². The summed E-state index contributed by atoms with van der Waals surface area (Å²) in [5.41, 5.74) is 2.65. The molecule has 0 saturated heterocycles. The molecule has 0 aliphatic heterocycles. The predicted molar refractivity (Wildman–Crippen MR) is 79.2 cm³/mol. The van der Waals surface area contributed by atoms with Crippen LogP contribution in [-0.4, -0.2) is 5.78 Å². The molecule has 0 radical (unpaired) electrons. The number of ether oxygens (including phenoxy) is 1. The molecule has 0 heterocycles. The van der Waals surface area contributed by atoms with Gasteiger partial charge in [-0.1, -0.05) is 30.3 Å². The molecular formula is C18H17FO2. The maximum atomic E-state index is 14.1. The number of para-hydroxylation sites is 1. The second-order valence-corrected chi connectivity index (χ2v) is 5.37. The molecule has 2 aromatic carbocycles. The van der Waals surface area contributed by atoms with Gasteiger partial charge in [-0.25, -0.2) is 4.39 Å². The predicted octanol–water partition coefficient (Wildman–Crippen LogP) is 4.48. The van der Waals surface area contributed by atoms with E-state index in [4.69, 9.17) is 4.74 Å². The lowest BCUT2D eigenvalue weighted by molar-refractivity contribution is 0.100. The van der Waals surface area contributed by atoms with Crippen molar-refractivity contribution in [1.29, 1.82) is 0 Å². The number of hydrogen-bond acceptors (Lipinski definition) is 2. The third-order valence-electron chi connectivity index (χ3n) is 3.92. The van der Waals surface area contributed by atoms with Crippen LogP contribution < -0.4 is 4.74 Å². The number of carbonyl (C=O) groups excluding carboxylic acids is 1. The number of halogens is 1. The Hall–Kier alpha value is -2.16. The first-order valence-corrected chi connectivity index (χ1v) is 7.20. The highest BCUT2D eigenvalue weighted by Gasteiger charge is 2.24. The zero-order valence-corrected chi connectivity index (χ0v) is 11.9. The topological polar surface area (TPSA) is 26.3 Å². The van der Waals surface area contributed by atoms with Crippen molar-refractivity contribution in [1.82, 2.24) is 0 Å². The summed E-state index contributed by atoms with van der Waals surface area (Å²) in [6.07, 6.45) is 2.67. The van der Waals surface area contributed by atoms with E-state index in [2.05, 4.69) is 6.07 Å². The Balaban J connectivity index is 1.97. The number of carbonyl (C=O) groups is 1. The molecule has 0 N–H and O–H groups in total. The van der Waals surface area contributed by atoms with Gasteiger partial charge >= 0.3 is 0 Å². The minimum Gasteiger partial charge on any atom is -0.482 e. The molecule has 1 unspecified atom stereocenters. The molecule has 0 saturated carbocycles. The number of rotatable bonds is 3. The Morgan fingerprint density at radius 1 is 1.19 bits per heavy atom. The molecule has 3 heteroatoms. The van der Waals surface area contributed by atoms with Gasteiger partial charge in [0, 0.05) is 0 Å². The fraction of sp³-hybridized carbons (Fsp3) is 0.278. The summed E-state index contributed by atoms with van der Waals surface area (Å²) in [6.45, 7) is 1.43. The van der Waals surface area contributed by atoms with Crippen LogP contribution in [-0.2, 0) is 6.42 Å². The van der Waals surface area contributed by atoms with E-state index in [9.17, 15) is 9.18 Å². The maximum Gasteiger partial charge on any atom is 0.166 e. The molecule has 0 amide bonds. The standard InChI is InChI=1S/C18H17FO2/c1-12(20)14-9-5-10-16(19)18(14)21-17-11-4-7-13-6-2-3-8-15(13)17/h2-3,5-6,8-10,17H,4,7,11H2,1H3. The van der Waals surface area contributed by atoms with E-state index < -0.39 is 5.82 Å². The zero-order valence-electron chi connectivity index (χ0n) is 11.9. The van der Waals surface area contributed by atoms with E-state index in [0.29, 0.717) is 5.56 Å². The van der Waals surface area contributed by atoms with Gasteiger partial charge in [0.15, 0.2) is 17.3 Å². The first-order chi connectivity index (χ1) is 10.2. The van der Waals surface area contributed by atoms with Gasteiger partial charge in [0.1, 0.15) is 6.10 Å². The molecule has 0 spiro atoms. The van der Waals surface area contributed by atoms with Crippen molar-refractivity contribution in [3.8, 4) is 5.75 Å². The third-order valence-corrected chi connectivity index (χ3v) is 3.92. The highest BCUT2D eigenvalue weighted by molar-refractivity contribution is 5.96. The first-order valence-electron chi connectivity index (χ1n) is 7.20. The largest absolute Gasteiger partial charge is 0.482 e. The molecule has 21 heavy (non-hydrogen) atoms. The van der Waals surface area contributed by atoms with Crippen molar-refractivity contribution < 1.29 is 13.9 Å². The van der Waals surface area contributed by atoms with Gasteiger partial charge in [-0.15, -0.1) is 0 Å². The quantitative estimate of drug-likeness (QED) is 0.776. The van der Waals surface area contributed by atoms with Crippen molar-refractivity contribution in [2.45, 2.75) is 32.3 Å². The summed E-state index contributed by atoms with van der Waals surface area (Å²) < 4.78 is 20.0. The number of ketones is 1. The number of benzene rings is 2. The summed E-state index contributed by atoms with van der Waals surface area (Å²) in [5.74, 6) is -0.592. The van der Waals surface area contributed by atoms with Crippen LogP contribution in [0.5, 0.6) is 5.75 Å². The molecule has 0 aromatic heterocycles. The monoisotopic (exact) mass is 284 g/mol. The summed E-state index contributed by atoms with van der Waals surface area (Å²) in [5, 5.41) is 0. The summed E-state index contributed by atoms with van der Waals surface area (Å²) in [7, 11) is 0. The van der Waals surface area contributed by atoms with Gasteiger partial charge in [0.25, 0.3) is 0 Å². The second kappa shape index (κ2) is 5.68. The molecule has 1 atom stereocenters. The average Bonchev–Trinajstić information content (AvgIpc) is 2.49. The minimum atomic E-state index is -0.481. The number of hydrogen-bond donors (Lipinski definition) is 0. The van der Waals surface area contributed by atoms with Crippen LogP contribution in [0.1, 0.15) is 47.4 Å². The Morgan fingerprint density at radius 3 is 2.81 bits per heavy atom. The fourth-order valence-electron chi connectivity index (χ4n) is 2.88. The third kappa shape index (κ3) is 2.68. The van der Waals surface area contributed by atoms with Crippen LogP contribution in [0.25, 0.3) is 0 Å². The SMILES string of the molecule is CC(=O)c1cccc(F)c1OC1CCCc2ccccc21. The van der Waals surface area contributed by atoms with Crippen molar-refractivity contribution in [3.63, 3.8) is 0 Å². The van der Waals surface area contributed by atoms with Gasteiger partial charge in [-0.2, -0.15) is 0 Å². The number of Topliss-reactive ketones (excluding diaryl/α,β-unsaturated/α-hetero) is 1. The summed E-state index contributed by atoms with van der Waals surface area (Å²) in [6, 6.07) is 12.5. The van der Waals surface area contributed by atoms with Crippen molar-refractivity contribution in [3.05, 3.63) is 65.0 Å². The summed E-state index contributed by atoms with van der Waals surface area (Å²) in [4.78, 5) is 11.7. The fourth-order valence-corrected chi connectivity index (χ4v) is 2.88. The first kappa shape index (κ1) is 13.8. The van der Waals surface area contributed by atoms with E-state index in [0.717, 1.165) is 24.8 Å². The molecular weight excluding hydrogens is 267 g/mol. The van der Waals surface area contributed by atoms with Gasteiger partial charge in [-0.3, -0.25) is 4.79 Å². The molecule has 2 aromatic rings. The van der Waals surface area contributed by atoms with E-state index in [-0.39, 0.29) is 17.6 Å². The highest BCUT2D eigenvalue weighted by atomic mass is 19.1. The zero-order chi connectivity index (χ0) is 14.8. The maximum absolute atomic E-state index is 14.1. The van der Waals surface area contributed by atoms with Crippen LogP contribution >= 0.6 is 0 Å². The normalized spacial score (nSPS) is 17.1. The van der Waals surface area contributed by atoms with Crippen molar-refractivity contribution in [2.24, 2.45) is 0 Å². The van der Waals surface area contributed by atoms with Gasteiger partial charge in [-0.05, 0) is 49.4 Å². The Morgan fingerprint density at radius 2 is 2.00 bits per heavy atom.